The first-order chi connectivity index (χ1) is 8.54. The maximum Gasteiger partial charge on any atom is 0.229 e. The molecule has 3 heteroatoms. The summed E-state index contributed by atoms with van der Waals surface area (Å²) < 4.78 is 0. The van der Waals surface area contributed by atoms with Crippen LogP contribution in [0.2, 0.25) is 0 Å². The summed E-state index contributed by atoms with van der Waals surface area (Å²) in [5.74, 6) is 1.02. The number of halogens is 1. The predicted molar refractivity (Wildman–Crippen MR) is 74.9 cm³/mol. The number of carbonyl (C=O) groups is 1. The van der Waals surface area contributed by atoms with Gasteiger partial charge in [-0.2, -0.15) is 0 Å². The summed E-state index contributed by atoms with van der Waals surface area (Å²) in [4.78, 5) is 14.3. The number of alkyl halides is 1. The number of rotatable bonds is 3. The molecule has 1 saturated heterocycles. The molecule has 1 aromatic carbocycles. The highest BCUT2D eigenvalue weighted by atomic mass is 35.5. The van der Waals surface area contributed by atoms with Crippen LogP contribution in [-0.2, 0) is 4.79 Å². The topological polar surface area (TPSA) is 20.3 Å². The third kappa shape index (κ3) is 2.69. The monoisotopic (exact) mass is 265 g/mol. The van der Waals surface area contributed by atoms with Crippen LogP contribution in [-0.4, -0.2) is 29.8 Å². The van der Waals surface area contributed by atoms with Crippen LogP contribution < -0.4 is 0 Å². The van der Waals surface area contributed by atoms with Gasteiger partial charge in [0.05, 0.1) is 5.41 Å². The number of hydrogen-bond donors (Lipinski definition) is 0. The minimum Gasteiger partial charge on any atom is -0.342 e. The Morgan fingerprint density at radius 1 is 1.39 bits per heavy atom. The van der Waals surface area contributed by atoms with E-state index in [1.807, 2.05) is 24.8 Å². The zero-order valence-corrected chi connectivity index (χ0v) is 11.8. The number of hydrogen-bond acceptors (Lipinski definition) is 1. The van der Waals surface area contributed by atoms with E-state index < -0.39 is 5.41 Å². The van der Waals surface area contributed by atoms with Gasteiger partial charge in [0.25, 0.3) is 0 Å². The van der Waals surface area contributed by atoms with E-state index in [0.717, 1.165) is 19.5 Å². The fraction of sp³-hybridized carbons (Fsp3) is 0.533. The molecule has 2 nitrogen and oxygen atoms in total. The zero-order chi connectivity index (χ0) is 13.2. The molecule has 0 bridgehead atoms. The first kappa shape index (κ1) is 13.4. The summed E-state index contributed by atoms with van der Waals surface area (Å²) in [5, 5.41) is 0. The van der Waals surface area contributed by atoms with Crippen molar-refractivity contribution in [2.75, 3.05) is 19.0 Å². The molecular formula is C15H20ClNO. The molecule has 1 aromatic rings. The Morgan fingerprint density at radius 2 is 2.06 bits per heavy atom. The Kier molecular flexibility index (Phi) is 3.96. The Balaban J connectivity index is 2.03. The fourth-order valence-electron chi connectivity index (χ4n) is 2.43. The van der Waals surface area contributed by atoms with Crippen LogP contribution in [0.15, 0.2) is 30.3 Å². The molecule has 0 aromatic heterocycles. The third-order valence-corrected chi connectivity index (χ3v) is 4.33. The van der Waals surface area contributed by atoms with Crippen molar-refractivity contribution in [3.63, 3.8) is 0 Å². The standard InChI is InChI=1S/C15H20ClNO/c1-15(2,11-16)14(18)17-9-8-13(10-17)12-6-4-3-5-7-12/h3-7,13H,8-11H2,1-2H3. The molecule has 0 aliphatic carbocycles. The number of amides is 1. The average Bonchev–Trinajstić information content (AvgIpc) is 2.88. The van der Waals surface area contributed by atoms with Crippen molar-refractivity contribution in [1.82, 2.24) is 4.90 Å². The second-order valence-corrected chi connectivity index (χ2v) is 5.93. The van der Waals surface area contributed by atoms with E-state index in [2.05, 4.69) is 24.3 Å². The van der Waals surface area contributed by atoms with E-state index in [1.165, 1.54) is 5.56 Å². The summed E-state index contributed by atoms with van der Waals surface area (Å²) in [5.41, 5.74) is 0.879. The largest absolute Gasteiger partial charge is 0.342 e. The Labute approximate surface area is 114 Å². The van der Waals surface area contributed by atoms with Crippen molar-refractivity contribution in [3.8, 4) is 0 Å². The van der Waals surface area contributed by atoms with Gasteiger partial charge < -0.3 is 4.90 Å². The van der Waals surface area contributed by atoms with Gasteiger partial charge in [-0.3, -0.25) is 4.79 Å². The molecule has 0 N–H and O–H groups in total. The molecular weight excluding hydrogens is 246 g/mol. The highest BCUT2D eigenvalue weighted by Crippen LogP contribution is 2.30. The van der Waals surface area contributed by atoms with Crippen LogP contribution in [0, 0.1) is 5.41 Å². The van der Waals surface area contributed by atoms with Crippen LogP contribution >= 0.6 is 11.6 Å². The summed E-state index contributed by atoms with van der Waals surface area (Å²) in [6.07, 6.45) is 1.05. The van der Waals surface area contributed by atoms with Gasteiger partial charge in [-0.1, -0.05) is 30.3 Å². The van der Waals surface area contributed by atoms with Crippen molar-refractivity contribution in [1.29, 1.82) is 0 Å². The predicted octanol–water partition coefficient (Wildman–Crippen LogP) is 3.27. The van der Waals surface area contributed by atoms with Gasteiger partial charge in [0.15, 0.2) is 0 Å². The lowest BCUT2D eigenvalue weighted by Crippen LogP contribution is -2.40. The smallest absolute Gasteiger partial charge is 0.229 e. The molecule has 0 saturated carbocycles. The molecule has 1 aliphatic rings. The van der Waals surface area contributed by atoms with E-state index in [9.17, 15) is 4.79 Å². The zero-order valence-electron chi connectivity index (χ0n) is 11.0. The van der Waals surface area contributed by atoms with Crippen LogP contribution in [0.4, 0.5) is 0 Å². The molecule has 98 valence electrons. The second-order valence-electron chi connectivity index (χ2n) is 5.66. The van der Waals surface area contributed by atoms with Crippen LogP contribution in [0.3, 0.4) is 0 Å². The lowest BCUT2D eigenvalue weighted by molar-refractivity contribution is -0.138. The van der Waals surface area contributed by atoms with Crippen molar-refractivity contribution >= 4 is 17.5 Å². The average molecular weight is 266 g/mol. The molecule has 0 radical (unpaired) electrons. The van der Waals surface area contributed by atoms with E-state index >= 15 is 0 Å². The number of nitrogens with zero attached hydrogens (tertiary/aromatic N) is 1. The SMILES string of the molecule is CC(C)(CCl)C(=O)N1CCC(c2ccccc2)C1. The van der Waals surface area contributed by atoms with Gasteiger partial charge >= 0.3 is 0 Å². The maximum absolute atomic E-state index is 12.3. The highest BCUT2D eigenvalue weighted by molar-refractivity contribution is 6.19. The molecule has 1 aliphatic heterocycles. The second kappa shape index (κ2) is 5.31. The van der Waals surface area contributed by atoms with Gasteiger partial charge in [0.1, 0.15) is 0 Å². The first-order valence-corrected chi connectivity index (χ1v) is 6.98. The summed E-state index contributed by atoms with van der Waals surface area (Å²) in [6.45, 7) is 5.50. The van der Waals surface area contributed by atoms with E-state index in [1.54, 1.807) is 0 Å². The Morgan fingerprint density at radius 3 is 2.67 bits per heavy atom. The third-order valence-electron chi connectivity index (χ3n) is 3.66. The lowest BCUT2D eigenvalue weighted by Gasteiger charge is -2.27. The van der Waals surface area contributed by atoms with Crippen molar-refractivity contribution in [2.24, 2.45) is 5.41 Å². The van der Waals surface area contributed by atoms with Gasteiger partial charge in [-0.25, -0.2) is 0 Å². The quantitative estimate of drug-likeness (QED) is 0.768. The molecule has 1 unspecified atom stereocenters. The van der Waals surface area contributed by atoms with E-state index in [-0.39, 0.29) is 5.91 Å². The number of benzene rings is 1. The van der Waals surface area contributed by atoms with Gasteiger partial charge in [0, 0.05) is 24.9 Å². The van der Waals surface area contributed by atoms with E-state index in [0.29, 0.717) is 11.8 Å². The fourth-order valence-corrected chi connectivity index (χ4v) is 2.54. The van der Waals surface area contributed by atoms with Gasteiger partial charge in [-0.15, -0.1) is 11.6 Å². The molecule has 2 rings (SSSR count). The Hall–Kier alpha value is -1.02. The molecule has 1 atom stereocenters. The summed E-state index contributed by atoms with van der Waals surface area (Å²) >= 11 is 5.87. The molecule has 1 heterocycles. The number of carbonyl (C=O) groups excluding carboxylic acids is 1. The first-order valence-electron chi connectivity index (χ1n) is 6.45. The molecule has 18 heavy (non-hydrogen) atoms. The number of likely N-dealkylation sites (tertiary alicyclic amines) is 1. The summed E-state index contributed by atoms with van der Waals surface area (Å²) in [7, 11) is 0. The van der Waals surface area contributed by atoms with Crippen LogP contribution in [0.25, 0.3) is 0 Å². The normalized spacial score (nSPS) is 20.2. The minimum absolute atomic E-state index is 0.177. The molecule has 1 fully saturated rings. The minimum atomic E-state index is -0.451. The highest BCUT2D eigenvalue weighted by Gasteiger charge is 2.35. The lowest BCUT2D eigenvalue weighted by atomic mass is 9.94. The van der Waals surface area contributed by atoms with Gasteiger partial charge in [0.2, 0.25) is 5.91 Å². The van der Waals surface area contributed by atoms with Crippen molar-refractivity contribution in [3.05, 3.63) is 35.9 Å². The maximum atomic E-state index is 12.3. The van der Waals surface area contributed by atoms with Crippen molar-refractivity contribution < 1.29 is 4.79 Å². The van der Waals surface area contributed by atoms with E-state index in [4.69, 9.17) is 11.6 Å². The Bertz CT molecular complexity index is 416. The van der Waals surface area contributed by atoms with Crippen LogP contribution in [0.5, 0.6) is 0 Å². The summed E-state index contributed by atoms with van der Waals surface area (Å²) in [6, 6.07) is 10.4. The van der Waals surface area contributed by atoms with Gasteiger partial charge in [-0.05, 0) is 25.8 Å². The molecule has 1 amide bonds. The van der Waals surface area contributed by atoms with Crippen molar-refractivity contribution in [2.45, 2.75) is 26.2 Å². The molecule has 0 spiro atoms. The van der Waals surface area contributed by atoms with Crippen LogP contribution in [0.1, 0.15) is 31.7 Å².